The lowest BCUT2D eigenvalue weighted by atomic mass is 9.67. The van der Waals surface area contributed by atoms with Gasteiger partial charge in [0.25, 0.3) is 0 Å². The number of carbonyl (C=O) groups is 2. The van der Waals surface area contributed by atoms with Crippen molar-refractivity contribution in [1.82, 2.24) is 20.1 Å². The molecule has 2 atom stereocenters. The maximum atomic E-state index is 13.5. The number of amides is 2. The first-order chi connectivity index (χ1) is 14.1. The van der Waals surface area contributed by atoms with Crippen LogP contribution >= 0.6 is 0 Å². The van der Waals surface area contributed by atoms with Gasteiger partial charge in [-0.2, -0.15) is 0 Å². The highest BCUT2D eigenvalue weighted by Crippen LogP contribution is 2.43. The van der Waals surface area contributed by atoms with Crippen LogP contribution in [-0.4, -0.2) is 59.3 Å². The number of nitrogens with zero attached hydrogens (tertiary/aromatic N) is 3. The molecule has 2 amide bonds. The van der Waals surface area contributed by atoms with Crippen LogP contribution in [0.15, 0.2) is 24.4 Å². The average Bonchev–Trinajstić information content (AvgIpc) is 3.25. The fraction of sp³-hybridized carbons (Fsp3) is 0.696. The Bertz CT molecular complexity index is 719. The monoisotopic (exact) mass is 398 g/mol. The standard InChI is InChI=1S/C23H34N4O2/c1-26-14-11-23(22(29)25-16-19-9-4-5-12-24-19)10-6-13-27(20(23)17-26)21(28)15-18-7-2-3-8-18/h4-5,9,12,18,20H,2-3,6-8,10-11,13-17H2,1H3,(H,25,29)/t20-,23+/m0/s1. The van der Waals surface area contributed by atoms with Gasteiger partial charge >= 0.3 is 0 Å². The molecule has 2 aliphatic heterocycles. The van der Waals surface area contributed by atoms with Crippen molar-refractivity contribution in [2.75, 3.05) is 26.7 Å². The molecule has 1 aliphatic carbocycles. The molecule has 6 nitrogen and oxygen atoms in total. The van der Waals surface area contributed by atoms with Gasteiger partial charge in [0.2, 0.25) is 11.8 Å². The Balaban J connectivity index is 1.49. The van der Waals surface area contributed by atoms with E-state index in [1.807, 2.05) is 18.2 Å². The predicted octanol–water partition coefficient (Wildman–Crippen LogP) is 2.59. The molecular formula is C23H34N4O2. The van der Waals surface area contributed by atoms with Crippen LogP contribution in [0.3, 0.4) is 0 Å². The number of hydrogen-bond acceptors (Lipinski definition) is 4. The summed E-state index contributed by atoms with van der Waals surface area (Å²) in [6.07, 6.45) is 9.87. The van der Waals surface area contributed by atoms with E-state index in [9.17, 15) is 9.59 Å². The van der Waals surface area contributed by atoms with Crippen molar-refractivity contribution in [2.24, 2.45) is 11.3 Å². The van der Waals surface area contributed by atoms with Crippen LogP contribution < -0.4 is 5.32 Å². The molecule has 3 aliphatic rings. The van der Waals surface area contributed by atoms with Crippen LogP contribution in [0.4, 0.5) is 0 Å². The molecule has 0 bridgehead atoms. The largest absolute Gasteiger partial charge is 0.350 e. The average molecular weight is 399 g/mol. The first-order valence-corrected chi connectivity index (χ1v) is 11.2. The van der Waals surface area contributed by atoms with Crippen LogP contribution in [0.2, 0.25) is 0 Å². The molecule has 1 aromatic rings. The second-order valence-corrected chi connectivity index (χ2v) is 9.23. The molecule has 29 heavy (non-hydrogen) atoms. The van der Waals surface area contributed by atoms with E-state index in [2.05, 4.69) is 27.1 Å². The van der Waals surface area contributed by atoms with E-state index in [4.69, 9.17) is 0 Å². The van der Waals surface area contributed by atoms with E-state index in [1.165, 1.54) is 25.7 Å². The molecule has 4 rings (SSSR count). The Kier molecular flexibility index (Phi) is 6.18. The van der Waals surface area contributed by atoms with Crippen molar-refractivity contribution in [3.05, 3.63) is 30.1 Å². The summed E-state index contributed by atoms with van der Waals surface area (Å²) in [6.45, 7) is 2.92. The summed E-state index contributed by atoms with van der Waals surface area (Å²) in [7, 11) is 2.10. The number of carbonyl (C=O) groups excluding carboxylic acids is 2. The van der Waals surface area contributed by atoms with Gasteiger partial charge in [0.15, 0.2) is 0 Å². The quantitative estimate of drug-likeness (QED) is 0.828. The fourth-order valence-electron chi connectivity index (χ4n) is 5.63. The van der Waals surface area contributed by atoms with Gasteiger partial charge in [-0.25, -0.2) is 0 Å². The molecule has 0 aromatic carbocycles. The van der Waals surface area contributed by atoms with Crippen molar-refractivity contribution < 1.29 is 9.59 Å². The first kappa shape index (κ1) is 20.3. The van der Waals surface area contributed by atoms with Gasteiger partial charge < -0.3 is 15.1 Å². The molecule has 2 saturated heterocycles. The van der Waals surface area contributed by atoms with Gasteiger partial charge in [0, 0.05) is 25.7 Å². The molecule has 6 heteroatoms. The topological polar surface area (TPSA) is 65.5 Å². The van der Waals surface area contributed by atoms with Crippen LogP contribution in [0.25, 0.3) is 0 Å². The van der Waals surface area contributed by atoms with E-state index in [1.54, 1.807) is 6.20 Å². The smallest absolute Gasteiger partial charge is 0.228 e. The zero-order chi connectivity index (χ0) is 20.3. The lowest BCUT2D eigenvalue weighted by molar-refractivity contribution is -0.154. The third-order valence-electron chi connectivity index (χ3n) is 7.33. The number of fused-ring (bicyclic) bond motifs is 1. The lowest BCUT2D eigenvalue weighted by Crippen LogP contribution is -2.66. The second kappa shape index (κ2) is 8.82. The Morgan fingerprint density at radius 2 is 2.00 bits per heavy atom. The van der Waals surface area contributed by atoms with E-state index in [-0.39, 0.29) is 17.9 Å². The van der Waals surface area contributed by atoms with E-state index < -0.39 is 5.41 Å². The van der Waals surface area contributed by atoms with E-state index in [0.717, 1.165) is 44.6 Å². The Hall–Kier alpha value is -1.95. The number of nitrogens with one attached hydrogen (secondary N) is 1. The van der Waals surface area contributed by atoms with Gasteiger partial charge in [-0.3, -0.25) is 14.6 Å². The number of aromatic nitrogens is 1. The summed E-state index contributed by atoms with van der Waals surface area (Å²) in [4.78, 5) is 35.3. The summed E-state index contributed by atoms with van der Waals surface area (Å²) in [6, 6.07) is 5.73. The zero-order valence-electron chi connectivity index (χ0n) is 17.6. The minimum absolute atomic E-state index is 0.0207. The van der Waals surface area contributed by atoms with Gasteiger partial charge in [-0.1, -0.05) is 18.9 Å². The third kappa shape index (κ3) is 4.32. The van der Waals surface area contributed by atoms with Crippen LogP contribution in [0.5, 0.6) is 0 Å². The molecule has 3 heterocycles. The molecule has 0 spiro atoms. The van der Waals surface area contributed by atoms with Crippen molar-refractivity contribution in [3.63, 3.8) is 0 Å². The molecule has 1 aromatic heterocycles. The van der Waals surface area contributed by atoms with Crippen molar-refractivity contribution in [1.29, 1.82) is 0 Å². The Labute approximate surface area is 174 Å². The first-order valence-electron chi connectivity index (χ1n) is 11.2. The molecule has 158 valence electrons. The van der Waals surface area contributed by atoms with Crippen LogP contribution in [0.1, 0.15) is 57.1 Å². The molecule has 0 unspecified atom stereocenters. The van der Waals surface area contributed by atoms with Gasteiger partial charge in [-0.15, -0.1) is 0 Å². The molecule has 0 radical (unpaired) electrons. The Morgan fingerprint density at radius 1 is 1.17 bits per heavy atom. The highest BCUT2D eigenvalue weighted by molar-refractivity contribution is 5.86. The number of rotatable bonds is 5. The third-order valence-corrected chi connectivity index (χ3v) is 7.33. The second-order valence-electron chi connectivity index (χ2n) is 9.23. The predicted molar refractivity (Wildman–Crippen MR) is 112 cm³/mol. The number of hydrogen-bond donors (Lipinski definition) is 1. The van der Waals surface area contributed by atoms with Gasteiger partial charge in [-0.05, 0) is 63.7 Å². The Morgan fingerprint density at radius 3 is 2.76 bits per heavy atom. The molecular weight excluding hydrogens is 364 g/mol. The van der Waals surface area contributed by atoms with Crippen LogP contribution in [-0.2, 0) is 16.1 Å². The number of likely N-dealkylation sites (N-methyl/N-ethyl adjacent to an activating group) is 1. The highest BCUT2D eigenvalue weighted by Gasteiger charge is 2.53. The highest BCUT2D eigenvalue weighted by atomic mass is 16.2. The van der Waals surface area contributed by atoms with Crippen molar-refractivity contribution >= 4 is 11.8 Å². The maximum Gasteiger partial charge on any atom is 0.228 e. The summed E-state index contributed by atoms with van der Waals surface area (Å²) < 4.78 is 0. The SMILES string of the molecule is CN1CC[C@]2(C(=O)NCc3ccccn3)CCCN(C(=O)CC3CCCC3)[C@H]2C1. The van der Waals surface area contributed by atoms with Crippen LogP contribution in [0, 0.1) is 11.3 Å². The molecule has 3 fully saturated rings. The minimum Gasteiger partial charge on any atom is -0.350 e. The normalized spacial score (nSPS) is 28.2. The van der Waals surface area contributed by atoms with Gasteiger partial charge in [0.1, 0.15) is 0 Å². The maximum absolute atomic E-state index is 13.5. The van der Waals surface area contributed by atoms with E-state index in [0.29, 0.717) is 18.9 Å². The summed E-state index contributed by atoms with van der Waals surface area (Å²) in [5.74, 6) is 0.900. The van der Waals surface area contributed by atoms with Crippen molar-refractivity contribution in [3.8, 4) is 0 Å². The number of piperidine rings is 2. The summed E-state index contributed by atoms with van der Waals surface area (Å²) >= 11 is 0. The molecule has 1 N–H and O–H groups in total. The fourth-order valence-corrected chi connectivity index (χ4v) is 5.63. The van der Waals surface area contributed by atoms with Crippen molar-refractivity contribution in [2.45, 2.75) is 64.0 Å². The minimum atomic E-state index is -0.467. The van der Waals surface area contributed by atoms with Gasteiger partial charge in [0.05, 0.1) is 23.7 Å². The summed E-state index contributed by atoms with van der Waals surface area (Å²) in [5.41, 5.74) is 0.400. The zero-order valence-corrected chi connectivity index (χ0v) is 17.6. The lowest BCUT2D eigenvalue weighted by Gasteiger charge is -2.53. The number of pyridine rings is 1. The molecule has 1 saturated carbocycles. The summed E-state index contributed by atoms with van der Waals surface area (Å²) in [5, 5.41) is 3.15. The number of likely N-dealkylation sites (tertiary alicyclic amines) is 2. The van der Waals surface area contributed by atoms with E-state index >= 15 is 0 Å².